The summed E-state index contributed by atoms with van der Waals surface area (Å²) in [4.78, 5) is 0. The second-order valence-corrected chi connectivity index (χ2v) is 6.51. The third-order valence-electron chi connectivity index (χ3n) is 0.905. The van der Waals surface area contributed by atoms with Gasteiger partial charge in [0.15, 0.2) is 0 Å². The summed E-state index contributed by atoms with van der Waals surface area (Å²) < 4.78 is 1.81. The second kappa shape index (κ2) is 4.30. The van der Waals surface area contributed by atoms with Crippen molar-refractivity contribution in [2.24, 2.45) is 0 Å². The zero-order valence-corrected chi connectivity index (χ0v) is 9.69. The van der Waals surface area contributed by atoms with Crippen molar-refractivity contribution in [1.82, 2.24) is 0 Å². The molecule has 0 aliphatic carbocycles. The van der Waals surface area contributed by atoms with E-state index in [1.807, 2.05) is 0 Å². The molecule has 0 rings (SSSR count). The van der Waals surface area contributed by atoms with Gasteiger partial charge in [-0.2, -0.15) is 0 Å². The number of halogens is 2. The Labute approximate surface area is 79.1 Å². The van der Waals surface area contributed by atoms with Gasteiger partial charge in [0, 0.05) is 3.42 Å². The lowest BCUT2D eigenvalue weighted by molar-refractivity contribution is 0.662. The Bertz CT molecular complexity index is 54.0. The van der Waals surface area contributed by atoms with Gasteiger partial charge in [-0.15, -0.1) is 0 Å². The Morgan fingerprint density at radius 2 is 1.88 bits per heavy atom. The molecule has 0 spiro atoms. The molecule has 8 heavy (non-hydrogen) atoms. The number of alkyl halides is 2. The number of hydrogen-bond acceptors (Lipinski definition) is 0. The van der Waals surface area contributed by atoms with E-state index in [0.717, 1.165) is 0 Å². The number of rotatable bonds is 3. The van der Waals surface area contributed by atoms with Gasteiger partial charge in [0.25, 0.3) is 0 Å². The van der Waals surface area contributed by atoms with Crippen molar-refractivity contribution in [1.29, 1.82) is 0 Å². The maximum absolute atomic E-state index is 2.50. The van der Waals surface area contributed by atoms with Gasteiger partial charge in [-0.25, -0.2) is 0 Å². The van der Waals surface area contributed by atoms with Crippen LogP contribution in [0, 0.1) is 0 Å². The highest BCUT2D eigenvalue weighted by Gasteiger charge is 2.09. The number of hydrogen-bond donors (Lipinski definition) is 0. The molecule has 0 unspecified atom stereocenters. The molecule has 0 nitrogen and oxygen atoms in total. The molecule has 0 aromatic heterocycles. The maximum Gasteiger partial charge on any atom is 0.0166 e. The summed E-state index contributed by atoms with van der Waals surface area (Å²) in [7, 11) is 0. The van der Waals surface area contributed by atoms with Gasteiger partial charge in [0.2, 0.25) is 0 Å². The van der Waals surface area contributed by atoms with E-state index in [9.17, 15) is 0 Å². The Morgan fingerprint density at radius 1 is 1.38 bits per heavy atom. The highest BCUT2D eigenvalue weighted by Crippen LogP contribution is 2.22. The van der Waals surface area contributed by atoms with Crippen LogP contribution in [0.1, 0.15) is 26.7 Å². The van der Waals surface area contributed by atoms with Crippen molar-refractivity contribution >= 4 is 45.2 Å². The highest BCUT2D eigenvalue weighted by molar-refractivity contribution is 14.1. The first-order valence-electron chi connectivity index (χ1n) is 2.81. The van der Waals surface area contributed by atoms with Crippen LogP contribution in [0.5, 0.6) is 0 Å². The van der Waals surface area contributed by atoms with E-state index in [0.29, 0.717) is 3.42 Å². The molecule has 0 amide bonds. The molecule has 0 saturated carbocycles. The van der Waals surface area contributed by atoms with Crippen LogP contribution in [0.2, 0.25) is 0 Å². The largest absolute Gasteiger partial charge is 0.0864 e. The van der Waals surface area contributed by atoms with Crippen molar-refractivity contribution in [2.45, 2.75) is 30.1 Å². The fraction of sp³-hybridized carbons (Fsp3) is 1.00. The lowest BCUT2D eigenvalue weighted by Crippen LogP contribution is -2.07. The van der Waals surface area contributed by atoms with Crippen LogP contribution in [0.25, 0.3) is 0 Å². The summed E-state index contributed by atoms with van der Waals surface area (Å²) in [6.45, 7) is 4.56. The first-order valence-corrected chi connectivity index (χ1v) is 5.41. The summed E-state index contributed by atoms with van der Waals surface area (Å²) >= 11 is 4.92. The third kappa shape index (κ3) is 7.46. The van der Waals surface area contributed by atoms with Crippen molar-refractivity contribution < 1.29 is 0 Å². The van der Waals surface area contributed by atoms with Crippen LogP contribution in [-0.4, -0.2) is 7.85 Å². The van der Waals surface area contributed by atoms with Crippen molar-refractivity contribution in [3.63, 3.8) is 0 Å². The fourth-order valence-electron chi connectivity index (χ4n) is 0.487. The Kier molecular flexibility index (Phi) is 5.09. The molecule has 50 valence electrons. The molecule has 0 aromatic rings. The van der Waals surface area contributed by atoms with Gasteiger partial charge in [-0.05, 0) is 17.3 Å². The molecule has 0 N–H and O–H groups in total. The van der Waals surface area contributed by atoms with Gasteiger partial charge in [-0.1, -0.05) is 59.0 Å². The molecule has 0 aromatic carbocycles. The SMILES string of the molecule is CC(C)(I)CCCI. The molecular weight excluding hydrogens is 326 g/mol. The van der Waals surface area contributed by atoms with E-state index in [-0.39, 0.29) is 0 Å². The van der Waals surface area contributed by atoms with Crippen LogP contribution in [0.15, 0.2) is 0 Å². The summed E-state index contributed by atoms with van der Waals surface area (Å²) in [5.74, 6) is 0. The standard InChI is InChI=1S/C6H12I2/c1-6(2,8)4-3-5-7/h3-5H2,1-2H3. The van der Waals surface area contributed by atoms with Gasteiger partial charge in [-0.3, -0.25) is 0 Å². The van der Waals surface area contributed by atoms with Crippen LogP contribution in [0.4, 0.5) is 0 Å². The van der Waals surface area contributed by atoms with E-state index in [1.165, 1.54) is 17.3 Å². The normalized spacial score (nSPS) is 12.0. The summed E-state index contributed by atoms with van der Waals surface area (Å²) in [6.07, 6.45) is 2.70. The van der Waals surface area contributed by atoms with Gasteiger partial charge in [0.05, 0.1) is 0 Å². The molecule has 0 fully saturated rings. The van der Waals surface area contributed by atoms with E-state index >= 15 is 0 Å². The fourth-order valence-corrected chi connectivity index (χ4v) is 1.25. The third-order valence-corrected chi connectivity index (χ3v) is 2.21. The molecule has 0 aliphatic rings. The van der Waals surface area contributed by atoms with Crippen LogP contribution < -0.4 is 0 Å². The predicted octanol–water partition coefficient (Wildman–Crippen LogP) is 3.42. The van der Waals surface area contributed by atoms with Crippen LogP contribution >= 0.6 is 45.2 Å². The molecule has 0 atom stereocenters. The highest BCUT2D eigenvalue weighted by atomic mass is 127. The second-order valence-electron chi connectivity index (χ2n) is 2.51. The predicted molar refractivity (Wildman–Crippen MR) is 56.2 cm³/mol. The topological polar surface area (TPSA) is 0 Å². The smallest absolute Gasteiger partial charge is 0.0166 e. The Morgan fingerprint density at radius 3 is 2.00 bits per heavy atom. The van der Waals surface area contributed by atoms with E-state index < -0.39 is 0 Å². The molecular formula is C6H12I2. The monoisotopic (exact) mass is 338 g/mol. The van der Waals surface area contributed by atoms with Crippen molar-refractivity contribution in [2.75, 3.05) is 4.43 Å². The first-order chi connectivity index (χ1) is 3.56. The summed E-state index contributed by atoms with van der Waals surface area (Å²) in [5.41, 5.74) is 0. The van der Waals surface area contributed by atoms with Crippen LogP contribution in [-0.2, 0) is 0 Å². The van der Waals surface area contributed by atoms with Crippen LogP contribution in [0.3, 0.4) is 0 Å². The van der Waals surface area contributed by atoms with E-state index in [4.69, 9.17) is 0 Å². The van der Waals surface area contributed by atoms with Gasteiger partial charge in [0.1, 0.15) is 0 Å². The average molecular weight is 338 g/mol. The minimum atomic E-state index is 0.517. The quantitative estimate of drug-likeness (QED) is 0.547. The Balaban J connectivity index is 3.11. The Hall–Kier alpha value is 1.46. The zero-order valence-electron chi connectivity index (χ0n) is 5.38. The van der Waals surface area contributed by atoms with E-state index in [1.54, 1.807) is 0 Å². The van der Waals surface area contributed by atoms with Crippen molar-refractivity contribution in [3.05, 3.63) is 0 Å². The zero-order chi connectivity index (χ0) is 6.62. The minimum Gasteiger partial charge on any atom is -0.0864 e. The lowest BCUT2D eigenvalue weighted by Gasteiger charge is -2.13. The summed E-state index contributed by atoms with van der Waals surface area (Å²) in [5, 5.41) is 0. The molecule has 0 saturated heterocycles. The summed E-state index contributed by atoms with van der Waals surface area (Å²) in [6, 6.07) is 0. The molecule has 0 radical (unpaired) electrons. The van der Waals surface area contributed by atoms with Gasteiger partial charge < -0.3 is 0 Å². The van der Waals surface area contributed by atoms with E-state index in [2.05, 4.69) is 59.0 Å². The average Bonchev–Trinajstić information content (AvgIpc) is 1.59. The lowest BCUT2D eigenvalue weighted by atomic mass is 10.1. The van der Waals surface area contributed by atoms with Crippen molar-refractivity contribution in [3.8, 4) is 0 Å². The molecule has 0 heterocycles. The van der Waals surface area contributed by atoms with Gasteiger partial charge >= 0.3 is 0 Å². The molecule has 2 heteroatoms. The molecule has 0 bridgehead atoms. The maximum atomic E-state index is 2.50. The minimum absolute atomic E-state index is 0.517. The molecule has 0 aliphatic heterocycles. The first kappa shape index (κ1) is 9.46.